The molecule has 5 heteroatoms. The Kier molecular flexibility index (Phi) is 4.86. The van der Waals surface area contributed by atoms with Gasteiger partial charge >= 0.3 is 0 Å². The van der Waals surface area contributed by atoms with Gasteiger partial charge in [-0.05, 0) is 36.8 Å². The number of halogens is 3. The number of nitrogens with two attached hydrogens (primary N) is 1. The maximum Gasteiger partial charge on any atom is 0.165 e. The Morgan fingerprint density at radius 2 is 1.85 bits per heavy atom. The van der Waals surface area contributed by atoms with Gasteiger partial charge in [-0.2, -0.15) is 0 Å². The molecule has 20 heavy (non-hydrogen) atoms. The van der Waals surface area contributed by atoms with Crippen LogP contribution in [-0.2, 0) is 6.61 Å². The van der Waals surface area contributed by atoms with E-state index in [1.165, 1.54) is 6.07 Å². The quantitative estimate of drug-likeness (QED) is 0.885. The molecule has 2 aromatic rings. The molecule has 0 unspecified atom stereocenters. The maximum atomic E-state index is 13.9. The van der Waals surface area contributed by atoms with Crippen LogP contribution in [-0.4, -0.2) is 0 Å². The lowest BCUT2D eigenvalue weighted by Gasteiger charge is -2.12. The van der Waals surface area contributed by atoms with Crippen LogP contribution in [0.2, 0.25) is 10.0 Å². The molecule has 0 radical (unpaired) electrons. The summed E-state index contributed by atoms with van der Waals surface area (Å²) in [6.07, 6.45) is 0. The predicted molar refractivity (Wildman–Crippen MR) is 79.8 cm³/mol. The molecule has 2 N–H and O–H groups in total. The summed E-state index contributed by atoms with van der Waals surface area (Å²) in [5.74, 6) is -0.312. The van der Waals surface area contributed by atoms with Crippen molar-refractivity contribution in [1.29, 1.82) is 0 Å². The maximum absolute atomic E-state index is 13.9. The zero-order valence-electron chi connectivity index (χ0n) is 10.9. The van der Waals surface area contributed by atoms with Crippen LogP contribution in [0.4, 0.5) is 4.39 Å². The molecular weight excluding hydrogens is 300 g/mol. The Morgan fingerprint density at radius 1 is 1.20 bits per heavy atom. The third-order valence-electron chi connectivity index (χ3n) is 2.92. The Bertz CT molecular complexity index is 597. The molecule has 106 valence electrons. The summed E-state index contributed by atoms with van der Waals surface area (Å²) in [6.45, 7) is 1.89. The topological polar surface area (TPSA) is 35.2 Å². The highest BCUT2D eigenvalue weighted by atomic mass is 35.5. The highest BCUT2D eigenvalue weighted by Crippen LogP contribution is 2.27. The van der Waals surface area contributed by atoms with Crippen molar-refractivity contribution in [3.05, 3.63) is 63.4 Å². The van der Waals surface area contributed by atoms with E-state index in [-0.39, 0.29) is 18.4 Å². The molecule has 0 aromatic heterocycles. The van der Waals surface area contributed by atoms with Crippen molar-refractivity contribution >= 4 is 23.2 Å². The number of rotatable bonds is 4. The van der Waals surface area contributed by atoms with Gasteiger partial charge in [0, 0.05) is 21.7 Å². The number of ether oxygens (including phenoxy) is 1. The van der Waals surface area contributed by atoms with E-state index in [4.69, 9.17) is 33.7 Å². The molecule has 1 atom stereocenters. The molecule has 0 bridgehead atoms. The zero-order chi connectivity index (χ0) is 14.7. The molecule has 0 heterocycles. The van der Waals surface area contributed by atoms with E-state index in [0.717, 1.165) is 0 Å². The van der Waals surface area contributed by atoms with Crippen molar-refractivity contribution in [2.24, 2.45) is 5.73 Å². The van der Waals surface area contributed by atoms with Gasteiger partial charge in [-0.1, -0.05) is 35.3 Å². The summed E-state index contributed by atoms with van der Waals surface area (Å²) in [4.78, 5) is 0. The Labute approximate surface area is 127 Å². The molecule has 0 saturated heterocycles. The molecular formula is C15H14Cl2FNO. The fourth-order valence-corrected chi connectivity index (χ4v) is 2.24. The lowest BCUT2D eigenvalue weighted by Crippen LogP contribution is -2.06. The van der Waals surface area contributed by atoms with Crippen molar-refractivity contribution in [2.45, 2.75) is 19.6 Å². The van der Waals surface area contributed by atoms with Crippen molar-refractivity contribution in [2.75, 3.05) is 0 Å². The number of hydrogen-bond donors (Lipinski definition) is 1. The molecule has 2 nitrogen and oxygen atoms in total. The fraction of sp³-hybridized carbons (Fsp3) is 0.200. The van der Waals surface area contributed by atoms with Gasteiger partial charge in [0.1, 0.15) is 6.61 Å². The SMILES string of the molecule is C[C@H](N)c1ccc(OCc2c(Cl)cccc2Cl)c(F)c1. The molecule has 0 aliphatic heterocycles. The molecule has 0 amide bonds. The van der Waals surface area contributed by atoms with Crippen molar-refractivity contribution in [3.8, 4) is 5.75 Å². The van der Waals surface area contributed by atoms with Crippen LogP contribution in [0.5, 0.6) is 5.75 Å². The van der Waals surface area contributed by atoms with Gasteiger partial charge in [0.25, 0.3) is 0 Å². The summed E-state index contributed by atoms with van der Waals surface area (Å²) < 4.78 is 19.3. The summed E-state index contributed by atoms with van der Waals surface area (Å²) in [5.41, 5.74) is 7.04. The van der Waals surface area contributed by atoms with Crippen LogP contribution in [0.3, 0.4) is 0 Å². The van der Waals surface area contributed by atoms with Gasteiger partial charge < -0.3 is 10.5 Å². The lowest BCUT2D eigenvalue weighted by atomic mass is 10.1. The van der Waals surface area contributed by atoms with Gasteiger partial charge in [-0.15, -0.1) is 0 Å². The Hall–Kier alpha value is -1.29. The van der Waals surface area contributed by atoms with Crippen LogP contribution in [0.1, 0.15) is 24.1 Å². The van der Waals surface area contributed by atoms with Crippen molar-refractivity contribution in [1.82, 2.24) is 0 Å². The number of benzene rings is 2. The first-order chi connectivity index (χ1) is 9.49. The number of hydrogen-bond acceptors (Lipinski definition) is 2. The second kappa shape index (κ2) is 6.44. The summed E-state index contributed by atoms with van der Waals surface area (Å²) in [7, 11) is 0. The second-order valence-corrected chi connectivity index (χ2v) is 5.28. The average molecular weight is 314 g/mol. The first kappa shape index (κ1) is 15.1. The summed E-state index contributed by atoms with van der Waals surface area (Å²) in [5, 5.41) is 0.982. The van der Waals surface area contributed by atoms with E-state index < -0.39 is 5.82 Å². The highest BCUT2D eigenvalue weighted by molar-refractivity contribution is 6.35. The monoisotopic (exact) mass is 313 g/mol. The van der Waals surface area contributed by atoms with Crippen LogP contribution in [0.25, 0.3) is 0 Å². The van der Waals surface area contributed by atoms with E-state index in [9.17, 15) is 4.39 Å². The summed E-state index contributed by atoms with van der Waals surface area (Å²) in [6, 6.07) is 9.59. The third kappa shape index (κ3) is 3.42. The van der Waals surface area contributed by atoms with Crippen molar-refractivity contribution < 1.29 is 9.13 Å². The highest BCUT2D eigenvalue weighted by Gasteiger charge is 2.10. The van der Waals surface area contributed by atoms with E-state index >= 15 is 0 Å². The van der Waals surface area contributed by atoms with Crippen LogP contribution in [0, 0.1) is 5.82 Å². The average Bonchev–Trinajstić information content (AvgIpc) is 2.39. The van der Waals surface area contributed by atoms with Gasteiger partial charge in [-0.3, -0.25) is 0 Å². The van der Waals surface area contributed by atoms with Gasteiger partial charge in [0.05, 0.1) is 0 Å². The van der Waals surface area contributed by atoms with Crippen molar-refractivity contribution in [3.63, 3.8) is 0 Å². The Balaban J connectivity index is 2.15. The van der Waals surface area contributed by atoms with E-state index in [1.54, 1.807) is 37.3 Å². The van der Waals surface area contributed by atoms with Gasteiger partial charge in [0.2, 0.25) is 0 Å². The van der Waals surface area contributed by atoms with Gasteiger partial charge in [-0.25, -0.2) is 4.39 Å². The standard InChI is InChI=1S/C15H14Cl2FNO/c1-9(19)10-5-6-15(14(18)7-10)20-8-11-12(16)3-2-4-13(11)17/h2-7,9H,8,19H2,1H3/t9-/m0/s1. The van der Waals surface area contributed by atoms with E-state index in [1.807, 2.05) is 0 Å². The molecule has 0 aliphatic carbocycles. The van der Waals surface area contributed by atoms with Gasteiger partial charge in [0.15, 0.2) is 11.6 Å². The first-order valence-corrected chi connectivity index (χ1v) is 6.85. The third-order valence-corrected chi connectivity index (χ3v) is 3.62. The molecule has 0 fully saturated rings. The minimum Gasteiger partial charge on any atom is -0.486 e. The molecule has 2 rings (SSSR count). The predicted octanol–water partition coefficient (Wildman–Crippen LogP) is 4.73. The smallest absolute Gasteiger partial charge is 0.165 e. The van der Waals surface area contributed by atoms with Crippen LogP contribution < -0.4 is 10.5 Å². The van der Waals surface area contributed by atoms with E-state index in [0.29, 0.717) is 21.2 Å². The largest absolute Gasteiger partial charge is 0.486 e. The van der Waals surface area contributed by atoms with Crippen LogP contribution >= 0.6 is 23.2 Å². The first-order valence-electron chi connectivity index (χ1n) is 6.09. The molecule has 0 spiro atoms. The molecule has 0 saturated carbocycles. The summed E-state index contributed by atoms with van der Waals surface area (Å²) >= 11 is 12.1. The minimum atomic E-state index is -0.456. The van der Waals surface area contributed by atoms with E-state index in [2.05, 4.69) is 0 Å². The van der Waals surface area contributed by atoms with Crippen LogP contribution in [0.15, 0.2) is 36.4 Å². The molecule has 0 aliphatic rings. The fourth-order valence-electron chi connectivity index (χ4n) is 1.74. The zero-order valence-corrected chi connectivity index (χ0v) is 12.4. The lowest BCUT2D eigenvalue weighted by molar-refractivity contribution is 0.290. The molecule has 2 aromatic carbocycles. The Morgan fingerprint density at radius 3 is 2.40 bits per heavy atom. The second-order valence-electron chi connectivity index (χ2n) is 4.47. The minimum absolute atomic E-state index is 0.104. The normalized spacial score (nSPS) is 12.2.